The van der Waals surface area contributed by atoms with Gasteiger partial charge < -0.3 is 23.9 Å². The minimum absolute atomic E-state index is 0.0491. The first-order chi connectivity index (χ1) is 19.8. The minimum atomic E-state index is -4.84. The number of rotatable bonds is 9. The van der Waals surface area contributed by atoms with E-state index in [4.69, 9.17) is 18.6 Å². The highest BCUT2D eigenvalue weighted by atomic mass is 19.4. The van der Waals surface area contributed by atoms with Crippen LogP contribution in [0.15, 0.2) is 71.5 Å². The van der Waals surface area contributed by atoms with Crippen LogP contribution in [0.4, 0.5) is 18.0 Å². The molecule has 0 unspecified atom stereocenters. The number of para-hydroxylation sites is 1. The van der Waals surface area contributed by atoms with Gasteiger partial charge in [-0.05, 0) is 75.2 Å². The molecule has 4 rings (SSSR count). The Morgan fingerprint density at radius 2 is 1.81 bits per heavy atom. The van der Waals surface area contributed by atoms with Crippen LogP contribution in [0.5, 0.6) is 5.75 Å². The van der Waals surface area contributed by atoms with Gasteiger partial charge in [0.25, 0.3) is 0 Å². The number of halogens is 3. The van der Waals surface area contributed by atoms with Crippen molar-refractivity contribution < 1.29 is 41.4 Å². The Hall–Kier alpha value is -4.54. The zero-order valence-corrected chi connectivity index (χ0v) is 23.6. The molecule has 4 aromatic rings. The molecule has 0 saturated heterocycles. The van der Waals surface area contributed by atoms with E-state index in [0.717, 1.165) is 0 Å². The number of pyridine rings is 1. The molecule has 42 heavy (non-hydrogen) atoms. The van der Waals surface area contributed by atoms with Crippen molar-refractivity contribution >= 4 is 23.0 Å². The summed E-state index contributed by atoms with van der Waals surface area (Å²) in [5, 5.41) is 2.60. The zero-order chi connectivity index (χ0) is 30.5. The molecular weight excluding hydrogens is 553 g/mol. The van der Waals surface area contributed by atoms with Crippen molar-refractivity contribution in [2.75, 3.05) is 6.61 Å². The van der Waals surface area contributed by atoms with Crippen molar-refractivity contribution in [1.29, 1.82) is 0 Å². The number of amides is 1. The molecule has 0 radical (unpaired) electrons. The minimum Gasteiger partial charge on any atom is -0.489 e. The third-order valence-corrected chi connectivity index (χ3v) is 5.99. The van der Waals surface area contributed by atoms with Crippen LogP contribution in [0.2, 0.25) is 0 Å². The molecule has 0 fully saturated rings. The first-order valence-electron chi connectivity index (χ1n) is 13.2. The number of alkyl carbamates (subject to hydrolysis) is 1. The van der Waals surface area contributed by atoms with Gasteiger partial charge in [0.1, 0.15) is 23.5 Å². The second-order valence-corrected chi connectivity index (χ2v) is 10.5. The number of furan rings is 1. The van der Waals surface area contributed by atoms with E-state index in [2.05, 4.69) is 4.98 Å². The van der Waals surface area contributed by atoms with E-state index in [1.54, 1.807) is 70.2 Å². The van der Waals surface area contributed by atoms with Gasteiger partial charge in [0, 0.05) is 22.7 Å². The van der Waals surface area contributed by atoms with Gasteiger partial charge in [0.15, 0.2) is 6.04 Å². The molecule has 0 bridgehead atoms. The molecule has 0 aliphatic rings. The Bertz CT molecular complexity index is 1560. The van der Waals surface area contributed by atoms with Crippen LogP contribution in [0, 0.1) is 0 Å². The summed E-state index contributed by atoms with van der Waals surface area (Å²) in [5.41, 5.74) is 1.34. The lowest BCUT2D eigenvalue weighted by atomic mass is 9.99. The van der Waals surface area contributed by atoms with E-state index in [9.17, 15) is 22.8 Å². The second kappa shape index (κ2) is 12.5. The molecular formula is C31H31F3N2O6. The van der Waals surface area contributed by atoms with Gasteiger partial charge in [-0.1, -0.05) is 18.2 Å². The van der Waals surface area contributed by atoms with E-state index in [1.165, 1.54) is 18.5 Å². The summed E-state index contributed by atoms with van der Waals surface area (Å²) in [6, 6.07) is 12.9. The van der Waals surface area contributed by atoms with Crippen LogP contribution in [-0.4, -0.2) is 35.4 Å². The number of nitrogens with one attached hydrogen (secondary N) is 1. The van der Waals surface area contributed by atoms with Crippen LogP contribution in [-0.2, 0) is 27.3 Å². The normalized spacial score (nSPS) is 12.5. The molecule has 1 atom stereocenters. The lowest BCUT2D eigenvalue weighted by molar-refractivity contribution is -0.157. The van der Waals surface area contributed by atoms with E-state index in [-0.39, 0.29) is 25.6 Å². The van der Waals surface area contributed by atoms with Crippen molar-refractivity contribution in [2.24, 2.45) is 0 Å². The molecule has 2 aromatic carbocycles. The summed E-state index contributed by atoms with van der Waals surface area (Å²) in [6.07, 6.45) is -3.28. The molecule has 0 aliphatic heterocycles. The number of hydrogen-bond acceptors (Lipinski definition) is 7. The summed E-state index contributed by atoms with van der Waals surface area (Å²) in [7, 11) is 0. The monoisotopic (exact) mass is 584 g/mol. The third-order valence-electron chi connectivity index (χ3n) is 5.99. The molecule has 0 aliphatic carbocycles. The maximum absolute atomic E-state index is 14.0. The fraction of sp³-hybridized carbons (Fsp3) is 0.323. The number of fused-ring (bicyclic) bond motifs is 1. The number of nitrogens with zero attached hydrogens (tertiary/aromatic N) is 1. The van der Waals surface area contributed by atoms with Gasteiger partial charge in [-0.15, -0.1) is 0 Å². The smallest absolute Gasteiger partial charge is 0.414 e. The average Bonchev–Trinajstić information content (AvgIpc) is 3.38. The third kappa shape index (κ3) is 7.80. The highest BCUT2D eigenvalue weighted by Gasteiger charge is 2.44. The van der Waals surface area contributed by atoms with Crippen molar-refractivity contribution in [2.45, 2.75) is 58.5 Å². The van der Waals surface area contributed by atoms with Gasteiger partial charge in [-0.2, -0.15) is 13.2 Å². The maximum Gasteiger partial charge on any atom is 0.414 e. The van der Waals surface area contributed by atoms with Crippen LogP contribution in [0.3, 0.4) is 0 Å². The van der Waals surface area contributed by atoms with Crippen LogP contribution >= 0.6 is 0 Å². The van der Waals surface area contributed by atoms with Gasteiger partial charge >= 0.3 is 18.2 Å². The number of hydrogen-bond donors (Lipinski definition) is 1. The zero-order valence-electron chi connectivity index (χ0n) is 23.6. The van der Waals surface area contributed by atoms with Crippen LogP contribution < -0.4 is 10.1 Å². The van der Waals surface area contributed by atoms with Crippen molar-refractivity contribution in [3.8, 4) is 16.9 Å². The van der Waals surface area contributed by atoms with Crippen molar-refractivity contribution in [3.05, 3.63) is 83.9 Å². The number of esters is 1. The number of benzene rings is 2. The standard InChI is InChI=1S/C31H31F3N2O6/c1-5-39-26(37)17-21-8-6-7-9-25(21)41-18-19-14-22-11-13-40-27(22)23(15-19)20-10-12-35-24(16-20)28(31(32,33)34)36-29(38)42-30(2,3)4/h6-16,28H,5,17-18H2,1-4H3,(H,36,38)/t28-/m0/s1. The second-order valence-electron chi connectivity index (χ2n) is 10.5. The van der Waals surface area contributed by atoms with Gasteiger partial charge in [0.2, 0.25) is 0 Å². The summed E-state index contributed by atoms with van der Waals surface area (Å²) in [5.74, 6) is 0.134. The summed E-state index contributed by atoms with van der Waals surface area (Å²) >= 11 is 0. The van der Waals surface area contributed by atoms with E-state index >= 15 is 0 Å². The molecule has 2 aromatic heterocycles. The van der Waals surface area contributed by atoms with E-state index < -0.39 is 29.6 Å². The molecule has 222 valence electrons. The fourth-order valence-electron chi connectivity index (χ4n) is 4.28. The molecule has 2 heterocycles. The van der Waals surface area contributed by atoms with Crippen molar-refractivity contribution in [3.63, 3.8) is 0 Å². The fourth-order valence-corrected chi connectivity index (χ4v) is 4.28. The number of carbonyl (C=O) groups excluding carboxylic acids is 2. The average molecular weight is 585 g/mol. The molecule has 11 heteroatoms. The predicted molar refractivity (Wildman–Crippen MR) is 149 cm³/mol. The van der Waals surface area contributed by atoms with Gasteiger partial charge in [0.05, 0.1) is 25.0 Å². The number of alkyl halides is 3. The Balaban J connectivity index is 1.64. The Kier molecular flexibility index (Phi) is 9.08. The SMILES string of the molecule is CCOC(=O)Cc1ccccc1OCc1cc(-c2ccnc([C@H](NC(=O)OC(C)(C)C)C(F)(F)F)c2)c2occc2c1. The van der Waals surface area contributed by atoms with Crippen LogP contribution in [0.25, 0.3) is 22.1 Å². The van der Waals surface area contributed by atoms with E-state index in [0.29, 0.717) is 39.0 Å². The first kappa shape index (κ1) is 30.4. The summed E-state index contributed by atoms with van der Waals surface area (Å²) in [4.78, 5) is 28.1. The molecule has 0 saturated carbocycles. The van der Waals surface area contributed by atoms with Gasteiger partial charge in [-0.25, -0.2) is 4.79 Å². The molecule has 1 amide bonds. The molecule has 1 N–H and O–H groups in total. The maximum atomic E-state index is 14.0. The van der Waals surface area contributed by atoms with Gasteiger partial charge in [-0.3, -0.25) is 9.78 Å². The molecule has 8 nitrogen and oxygen atoms in total. The Labute approximate surface area is 240 Å². The topological polar surface area (TPSA) is 99.9 Å². The van der Waals surface area contributed by atoms with E-state index in [1.807, 2.05) is 11.4 Å². The van der Waals surface area contributed by atoms with Crippen molar-refractivity contribution in [1.82, 2.24) is 10.3 Å². The number of carbonyl (C=O) groups is 2. The Morgan fingerprint density at radius 3 is 2.52 bits per heavy atom. The van der Waals surface area contributed by atoms with Crippen LogP contribution in [0.1, 0.15) is 50.6 Å². The number of ether oxygens (including phenoxy) is 3. The summed E-state index contributed by atoms with van der Waals surface area (Å²) < 4.78 is 63.9. The molecule has 0 spiro atoms. The lowest BCUT2D eigenvalue weighted by Gasteiger charge is -2.25. The summed E-state index contributed by atoms with van der Waals surface area (Å²) in [6.45, 7) is 6.77. The first-order valence-corrected chi connectivity index (χ1v) is 13.2. The lowest BCUT2D eigenvalue weighted by Crippen LogP contribution is -2.41. The highest BCUT2D eigenvalue weighted by molar-refractivity contribution is 5.93. The Morgan fingerprint density at radius 1 is 1.05 bits per heavy atom. The highest BCUT2D eigenvalue weighted by Crippen LogP contribution is 2.36. The number of aromatic nitrogens is 1. The largest absolute Gasteiger partial charge is 0.489 e. The predicted octanol–water partition coefficient (Wildman–Crippen LogP) is 7.31. The quantitative estimate of drug-likeness (QED) is 0.206.